The zero-order valence-corrected chi connectivity index (χ0v) is 20.2. The number of imidazole rings is 1. The highest BCUT2D eigenvalue weighted by Crippen LogP contribution is 2.39. The number of hydrogen-bond donors (Lipinski definition) is 2. The van der Waals surface area contributed by atoms with Gasteiger partial charge in [0.15, 0.2) is 5.60 Å². The number of aromatic nitrogens is 3. The Kier molecular flexibility index (Phi) is 7.43. The summed E-state index contributed by atoms with van der Waals surface area (Å²) in [6, 6.07) is 14.8. The molecule has 4 rings (SSSR count). The third-order valence-electron chi connectivity index (χ3n) is 6.90. The van der Waals surface area contributed by atoms with E-state index in [1.54, 1.807) is 24.9 Å². The maximum atomic E-state index is 12.3. The SMILES string of the molecule is CCC1/C=C/C(C(O)(c2ccncc2)c2cncn2C)=C\C=C\NC(CC)C1c1ccccc1. The fraction of sp³-hybridized carbons (Fsp3) is 0.310. The number of aliphatic hydroxyl groups is 1. The van der Waals surface area contributed by atoms with Crippen molar-refractivity contribution in [2.75, 3.05) is 0 Å². The van der Waals surface area contributed by atoms with Gasteiger partial charge in [0.2, 0.25) is 0 Å². The minimum Gasteiger partial charge on any atom is -0.388 e. The molecule has 3 aromatic rings. The molecule has 0 amide bonds. The Morgan fingerprint density at radius 3 is 2.44 bits per heavy atom. The molecule has 0 fully saturated rings. The molecule has 176 valence electrons. The number of benzene rings is 1. The molecule has 1 aromatic carbocycles. The van der Waals surface area contributed by atoms with Crippen LogP contribution in [0, 0.1) is 5.92 Å². The van der Waals surface area contributed by atoms with Gasteiger partial charge in [0, 0.05) is 31.4 Å². The second kappa shape index (κ2) is 10.7. The molecule has 0 radical (unpaired) electrons. The third-order valence-corrected chi connectivity index (χ3v) is 6.90. The standard InChI is InChI=1S/C29H34N4O/c1-4-22-13-14-24(12-9-17-32-26(5-2)28(22)23-10-7-6-8-11-23)29(34,25-15-18-30-19-16-25)27-20-31-21-33(27)3/h6-22,26,28,32,34H,4-5H2,1-3H3/b14-13+,17-9+,24-12+. The van der Waals surface area contributed by atoms with Gasteiger partial charge in [0.1, 0.15) is 0 Å². The molecule has 0 bridgehead atoms. The monoisotopic (exact) mass is 454 g/mol. The molecule has 0 aliphatic carbocycles. The lowest BCUT2D eigenvalue weighted by atomic mass is 9.76. The summed E-state index contributed by atoms with van der Waals surface area (Å²) in [6.07, 6.45) is 19.2. The molecule has 34 heavy (non-hydrogen) atoms. The van der Waals surface area contributed by atoms with E-state index < -0.39 is 5.60 Å². The average Bonchev–Trinajstić information content (AvgIpc) is 3.33. The van der Waals surface area contributed by atoms with Gasteiger partial charge in [-0.25, -0.2) is 4.98 Å². The first kappa shape index (κ1) is 23.7. The van der Waals surface area contributed by atoms with Crippen LogP contribution in [0.5, 0.6) is 0 Å². The lowest BCUT2D eigenvalue weighted by Gasteiger charge is -2.34. The largest absolute Gasteiger partial charge is 0.388 e. The number of rotatable bonds is 6. The molecule has 0 saturated carbocycles. The van der Waals surface area contributed by atoms with E-state index in [0.717, 1.165) is 24.0 Å². The summed E-state index contributed by atoms with van der Waals surface area (Å²) < 4.78 is 1.87. The third kappa shape index (κ3) is 4.62. The van der Waals surface area contributed by atoms with E-state index >= 15 is 0 Å². The lowest BCUT2D eigenvalue weighted by molar-refractivity contribution is 0.116. The van der Waals surface area contributed by atoms with E-state index in [4.69, 9.17) is 0 Å². The fourth-order valence-electron chi connectivity index (χ4n) is 5.05. The van der Waals surface area contributed by atoms with Crippen molar-refractivity contribution in [3.05, 3.63) is 120 Å². The predicted octanol–water partition coefficient (Wildman–Crippen LogP) is 5.24. The molecular weight excluding hydrogens is 420 g/mol. The molecule has 5 nitrogen and oxygen atoms in total. The molecule has 0 saturated heterocycles. The van der Waals surface area contributed by atoms with E-state index in [1.807, 2.05) is 42.1 Å². The molecule has 4 atom stereocenters. The Hall–Kier alpha value is -3.44. The van der Waals surface area contributed by atoms with E-state index in [0.29, 0.717) is 23.6 Å². The van der Waals surface area contributed by atoms with Crippen molar-refractivity contribution in [2.24, 2.45) is 13.0 Å². The molecule has 3 heterocycles. The number of hydrogen-bond acceptors (Lipinski definition) is 4. The minimum atomic E-state index is -1.38. The van der Waals surface area contributed by atoms with Crippen molar-refractivity contribution in [2.45, 2.75) is 44.2 Å². The molecule has 0 spiro atoms. The van der Waals surface area contributed by atoms with Crippen molar-refractivity contribution >= 4 is 0 Å². The van der Waals surface area contributed by atoms with Crippen LogP contribution in [0.25, 0.3) is 0 Å². The van der Waals surface area contributed by atoms with Crippen molar-refractivity contribution in [3.63, 3.8) is 0 Å². The highest BCUT2D eigenvalue weighted by molar-refractivity contribution is 5.47. The summed E-state index contributed by atoms with van der Waals surface area (Å²) in [6.45, 7) is 4.47. The van der Waals surface area contributed by atoms with Crippen molar-refractivity contribution < 1.29 is 5.11 Å². The van der Waals surface area contributed by atoms with Gasteiger partial charge < -0.3 is 15.0 Å². The summed E-state index contributed by atoms with van der Waals surface area (Å²) in [4.78, 5) is 8.45. The van der Waals surface area contributed by atoms with E-state index in [1.165, 1.54) is 5.56 Å². The zero-order valence-electron chi connectivity index (χ0n) is 20.2. The highest BCUT2D eigenvalue weighted by atomic mass is 16.3. The van der Waals surface area contributed by atoms with Gasteiger partial charge >= 0.3 is 0 Å². The second-order valence-corrected chi connectivity index (χ2v) is 8.87. The van der Waals surface area contributed by atoms with Crippen molar-refractivity contribution in [3.8, 4) is 0 Å². The number of aryl methyl sites for hydroxylation is 1. The number of nitrogens with zero attached hydrogens (tertiary/aromatic N) is 3. The van der Waals surface area contributed by atoms with Crippen LogP contribution in [0.2, 0.25) is 0 Å². The molecular formula is C29H34N4O. The molecule has 2 aromatic heterocycles. The smallest absolute Gasteiger partial charge is 0.157 e. The number of pyridine rings is 1. The summed E-state index contributed by atoms with van der Waals surface area (Å²) in [5.41, 5.74) is 2.18. The van der Waals surface area contributed by atoms with Crippen molar-refractivity contribution in [1.29, 1.82) is 0 Å². The normalized spacial score (nSPS) is 25.9. The first-order valence-electron chi connectivity index (χ1n) is 12.1. The molecule has 1 aliphatic heterocycles. The summed E-state index contributed by atoms with van der Waals surface area (Å²) >= 11 is 0. The zero-order chi connectivity index (χ0) is 24.0. The Bertz CT molecular complexity index is 1150. The van der Waals surface area contributed by atoms with Gasteiger partial charge in [0.05, 0.1) is 18.2 Å². The Labute approximate surface area is 202 Å². The maximum Gasteiger partial charge on any atom is 0.157 e. The van der Waals surface area contributed by atoms with Crippen molar-refractivity contribution in [1.82, 2.24) is 19.9 Å². The molecule has 5 heteroatoms. The summed E-state index contributed by atoms with van der Waals surface area (Å²) in [5.74, 6) is 0.602. The van der Waals surface area contributed by atoms with Gasteiger partial charge in [-0.05, 0) is 59.9 Å². The second-order valence-electron chi connectivity index (χ2n) is 8.87. The summed E-state index contributed by atoms with van der Waals surface area (Å²) in [5, 5.41) is 15.9. The molecule has 4 unspecified atom stereocenters. The van der Waals surface area contributed by atoms with E-state index in [2.05, 4.69) is 71.6 Å². The molecule has 1 aliphatic rings. The topological polar surface area (TPSA) is 63.0 Å². The van der Waals surface area contributed by atoms with Crippen LogP contribution in [0.15, 0.2) is 103 Å². The number of nitrogens with one attached hydrogen (secondary N) is 1. The van der Waals surface area contributed by atoms with Crippen LogP contribution >= 0.6 is 0 Å². The van der Waals surface area contributed by atoms with Crippen LogP contribution < -0.4 is 5.32 Å². The van der Waals surface area contributed by atoms with Crippen LogP contribution in [0.1, 0.15) is 49.4 Å². The van der Waals surface area contributed by atoms with Crippen LogP contribution in [-0.4, -0.2) is 25.7 Å². The highest BCUT2D eigenvalue weighted by Gasteiger charge is 2.38. The van der Waals surface area contributed by atoms with E-state index in [9.17, 15) is 5.11 Å². The van der Waals surface area contributed by atoms with Gasteiger partial charge in [-0.2, -0.15) is 0 Å². The van der Waals surface area contributed by atoms with Gasteiger partial charge in [-0.15, -0.1) is 0 Å². The Morgan fingerprint density at radius 2 is 1.79 bits per heavy atom. The summed E-state index contributed by atoms with van der Waals surface area (Å²) in [7, 11) is 1.91. The van der Waals surface area contributed by atoms with Gasteiger partial charge in [-0.1, -0.05) is 62.4 Å². The quantitative estimate of drug-likeness (QED) is 0.535. The van der Waals surface area contributed by atoms with Crippen LogP contribution in [0.4, 0.5) is 0 Å². The number of allylic oxidation sites excluding steroid dienone is 3. The Morgan fingerprint density at radius 1 is 1.03 bits per heavy atom. The van der Waals surface area contributed by atoms with Crippen LogP contribution in [0.3, 0.4) is 0 Å². The fourth-order valence-corrected chi connectivity index (χ4v) is 5.05. The lowest BCUT2D eigenvalue weighted by Crippen LogP contribution is -2.35. The average molecular weight is 455 g/mol. The predicted molar refractivity (Wildman–Crippen MR) is 137 cm³/mol. The first-order chi connectivity index (χ1) is 16.6. The van der Waals surface area contributed by atoms with E-state index in [-0.39, 0.29) is 0 Å². The molecule has 2 N–H and O–H groups in total. The Balaban J connectivity index is 1.85. The van der Waals surface area contributed by atoms with Gasteiger partial charge in [0.25, 0.3) is 0 Å². The van der Waals surface area contributed by atoms with Gasteiger partial charge in [-0.3, -0.25) is 4.98 Å². The minimum absolute atomic E-state index is 0.294. The van der Waals surface area contributed by atoms with Crippen LogP contribution in [-0.2, 0) is 12.6 Å². The maximum absolute atomic E-state index is 12.3. The first-order valence-corrected chi connectivity index (χ1v) is 12.1.